The van der Waals surface area contributed by atoms with Crippen LogP contribution >= 0.6 is 0 Å². The Hall–Kier alpha value is -2.03. The van der Waals surface area contributed by atoms with Crippen molar-refractivity contribution < 1.29 is 8.42 Å². The number of H-pyrrole nitrogens is 1. The lowest BCUT2D eigenvalue weighted by Crippen LogP contribution is -2.48. The van der Waals surface area contributed by atoms with Crippen LogP contribution in [0.1, 0.15) is 5.69 Å². The van der Waals surface area contributed by atoms with Crippen LogP contribution in [0, 0.1) is 0 Å². The first kappa shape index (κ1) is 16.8. The molecule has 1 N–H and O–H groups in total. The van der Waals surface area contributed by atoms with Crippen LogP contribution in [0.5, 0.6) is 0 Å². The van der Waals surface area contributed by atoms with E-state index in [1.165, 1.54) is 16.6 Å². The molecule has 2 aromatic rings. The van der Waals surface area contributed by atoms with E-state index in [0.717, 1.165) is 5.56 Å². The van der Waals surface area contributed by atoms with Gasteiger partial charge >= 0.3 is 0 Å². The number of piperazine rings is 1. The summed E-state index contributed by atoms with van der Waals surface area (Å²) in [5, 5.41) is 0. The first-order valence-electron chi connectivity index (χ1n) is 7.75. The molecule has 0 saturated carbocycles. The van der Waals surface area contributed by atoms with Crippen molar-refractivity contribution in [2.24, 2.45) is 0 Å². The van der Waals surface area contributed by atoms with E-state index in [2.05, 4.69) is 14.9 Å². The third kappa shape index (κ3) is 4.08. The van der Waals surface area contributed by atoms with Gasteiger partial charge in [0.2, 0.25) is 10.0 Å². The Balaban J connectivity index is 1.73. The monoisotopic (exact) mass is 348 g/mol. The molecule has 24 heavy (non-hydrogen) atoms. The second-order valence-electron chi connectivity index (χ2n) is 5.89. The third-order valence-electron chi connectivity index (χ3n) is 4.03. The van der Waals surface area contributed by atoms with Crippen LogP contribution in [-0.2, 0) is 16.6 Å². The number of hydrogen-bond acceptors (Lipinski definition) is 5. The Bertz CT molecular complexity index is 856. The van der Waals surface area contributed by atoms with Crippen molar-refractivity contribution in [1.82, 2.24) is 19.2 Å². The lowest BCUT2D eigenvalue weighted by molar-refractivity contribution is 0.180. The van der Waals surface area contributed by atoms with Crippen LogP contribution in [0.3, 0.4) is 0 Å². The fourth-order valence-corrected chi connectivity index (χ4v) is 3.60. The molecule has 0 radical (unpaired) electrons. The molecule has 8 heteroatoms. The summed E-state index contributed by atoms with van der Waals surface area (Å²) in [5.41, 5.74) is 1.36. The molecule has 128 valence electrons. The minimum atomic E-state index is -3.14. The molecular weight excluding hydrogens is 328 g/mol. The van der Waals surface area contributed by atoms with Gasteiger partial charge in [-0.3, -0.25) is 9.69 Å². The molecule has 7 nitrogen and oxygen atoms in total. The highest BCUT2D eigenvalue weighted by Crippen LogP contribution is 2.14. The molecule has 1 fully saturated rings. The first-order chi connectivity index (χ1) is 11.4. The molecule has 0 bridgehead atoms. The van der Waals surface area contributed by atoms with E-state index in [1.807, 2.05) is 30.3 Å². The van der Waals surface area contributed by atoms with Crippen molar-refractivity contribution >= 4 is 10.0 Å². The van der Waals surface area contributed by atoms with E-state index in [9.17, 15) is 13.2 Å². The molecule has 0 atom stereocenters. The zero-order valence-corrected chi connectivity index (χ0v) is 14.3. The van der Waals surface area contributed by atoms with Gasteiger partial charge in [0.1, 0.15) is 5.82 Å². The molecule has 0 amide bonds. The number of nitrogens with zero attached hydrogens (tertiary/aromatic N) is 3. The van der Waals surface area contributed by atoms with Crippen LogP contribution in [0.2, 0.25) is 0 Å². The minimum Gasteiger partial charge on any atom is -0.307 e. The van der Waals surface area contributed by atoms with Crippen LogP contribution in [-0.4, -0.2) is 60.0 Å². The van der Waals surface area contributed by atoms with E-state index in [4.69, 9.17) is 0 Å². The van der Waals surface area contributed by atoms with Gasteiger partial charge in [-0.1, -0.05) is 30.3 Å². The average molecular weight is 348 g/mol. The van der Waals surface area contributed by atoms with Crippen molar-refractivity contribution in [2.75, 3.05) is 32.4 Å². The summed E-state index contributed by atoms with van der Waals surface area (Å²) in [6, 6.07) is 11.0. The molecule has 1 aromatic heterocycles. The quantitative estimate of drug-likeness (QED) is 0.870. The van der Waals surface area contributed by atoms with Gasteiger partial charge in [0.25, 0.3) is 5.56 Å². The van der Waals surface area contributed by atoms with E-state index in [1.54, 1.807) is 0 Å². The van der Waals surface area contributed by atoms with E-state index >= 15 is 0 Å². The maximum Gasteiger partial charge on any atom is 0.251 e. The number of aromatic amines is 1. The Morgan fingerprint density at radius 2 is 1.79 bits per heavy atom. The predicted molar refractivity (Wildman–Crippen MR) is 92.0 cm³/mol. The van der Waals surface area contributed by atoms with Crippen molar-refractivity contribution in [3.05, 3.63) is 52.4 Å². The van der Waals surface area contributed by atoms with Crippen molar-refractivity contribution in [3.63, 3.8) is 0 Å². The Morgan fingerprint density at radius 3 is 2.42 bits per heavy atom. The molecule has 1 aliphatic heterocycles. The fourth-order valence-electron chi connectivity index (χ4n) is 2.77. The number of rotatable bonds is 4. The first-order valence-corrected chi connectivity index (χ1v) is 9.60. The standard InChI is InChI=1S/C16H20N4O3S/c1-24(22,23)20-9-7-19(8-10-20)12-14-11-15(21)18-16(17-14)13-5-3-2-4-6-13/h2-6,11H,7-10,12H2,1H3,(H,17,18,21). The van der Waals surface area contributed by atoms with Crippen molar-refractivity contribution in [3.8, 4) is 11.4 Å². The number of sulfonamides is 1. The number of hydrogen-bond donors (Lipinski definition) is 1. The SMILES string of the molecule is CS(=O)(=O)N1CCN(Cc2cc(=O)[nH]c(-c3ccccc3)n2)CC1. The molecular formula is C16H20N4O3S. The molecule has 0 aliphatic carbocycles. The highest BCUT2D eigenvalue weighted by Gasteiger charge is 2.23. The second-order valence-corrected chi connectivity index (χ2v) is 7.87. The van der Waals surface area contributed by atoms with Gasteiger partial charge in [0.15, 0.2) is 0 Å². The molecule has 0 unspecified atom stereocenters. The molecule has 0 spiro atoms. The lowest BCUT2D eigenvalue weighted by Gasteiger charge is -2.32. The highest BCUT2D eigenvalue weighted by atomic mass is 32.2. The summed E-state index contributed by atoms with van der Waals surface area (Å²) in [6.07, 6.45) is 1.23. The maximum absolute atomic E-state index is 11.9. The second kappa shape index (κ2) is 6.84. The summed E-state index contributed by atoms with van der Waals surface area (Å²) in [4.78, 5) is 21.3. The fraction of sp³-hybridized carbons (Fsp3) is 0.375. The normalized spacial score (nSPS) is 17.0. The van der Waals surface area contributed by atoms with E-state index in [0.29, 0.717) is 44.2 Å². The smallest absolute Gasteiger partial charge is 0.251 e. The summed E-state index contributed by atoms with van der Waals surface area (Å²) >= 11 is 0. The average Bonchev–Trinajstić information content (AvgIpc) is 2.55. The number of nitrogens with one attached hydrogen (secondary N) is 1. The lowest BCUT2D eigenvalue weighted by atomic mass is 10.2. The van der Waals surface area contributed by atoms with Crippen LogP contribution in [0.15, 0.2) is 41.2 Å². The minimum absolute atomic E-state index is 0.186. The van der Waals surface area contributed by atoms with Gasteiger partial charge < -0.3 is 4.98 Å². The largest absolute Gasteiger partial charge is 0.307 e. The van der Waals surface area contributed by atoms with E-state index in [-0.39, 0.29) is 5.56 Å². The van der Waals surface area contributed by atoms with Gasteiger partial charge in [0, 0.05) is 44.4 Å². The van der Waals surface area contributed by atoms with Crippen LogP contribution in [0.25, 0.3) is 11.4 Å². The van der Waals surface area contributed by atoms with Gasteiger partial charge in [-0.15, -0.1) is 0 Å². The Morgan fingerprint density at radius 1 is 1.12 bits per heavy atom. The molecule has 3 rings (SSSR count). The van der Waals surface area contributed by atoms with Gasteiger partial charge in [-0.2, -0.15) is 4.31 Å². The zero-order valence-electron chi connectivity index (χ0n) is 13.5. The summed E-state index contributed by atoms with van der Waals surface area (Å²) in [5.74, 6) is 0.549. The van der Waals surface area contributed by atoms with E-state index < -0.39 is 10.0 Å². The Labute approximate surface area is 141 Å². The summed E-state index contributed by atoms with van der Waals surface area (Å²) < 4.78 is 24.6. The molecule has 1 aliphatic rings. The van der Waals surface area contributed by atoms with Crippen molar-refractivity contribution in [1.29, 1.82) is 0 Å². The highest BCUT2D eigenvalue weighted by molar-refractivity contribution is 7.88. The van der Waals surface area contributed by atoms with Gasteiger partial charge in [-0.25, -0.2) is 13.4 Å². The van der Waals surface area contributed by atoms with Crippen LogP contribution < -0.4 is 5.56 Å². The predicted octanol–water partition coefficient (Wildman–Crippen LogP) is 0.514. The molecule has 1 saturated heterocycles. The van der Waals surface area contributed by atoms with Gasteiger partial charge in [0.05, 0.1) is 11.9 Å². The summed E-state index contributed by atoms with van der Waals surface area (Å²) in [6.45, 7) is 2.72. The summed E-state index contributed by atoms with van der Waals surface area (Å²) in [7, 11) is -3.14. The zero-order chi connectivity index (χ0) is 17.2. The Kier molecular flexibility index (Phi) is 4.79. The van der Waals surface area contributed by atoms with Crippen molar-refractivity contribution in [2.45, 2.75) is 6.54 Å². The number of benzene rings is 1. The maximum atomic E-state index is 11.9. The third-order valence-corrected chi connectivity index (χ3v) is 5.33. The molecule has 1 aromatic carbocycles. The number of aromatic nitrogens is 2. The van der Waals surface area contributed by atoms with Crippen LogP contribution in [0.4, 0.5) is 0 Å². The topological polar surface area (TPSA) is 86.4 Å². The van der Waals surface area contributed by atoms with Gasteiger partial charge in [-0.05, 0) is 0 Å². The molecule has 2 heterocycles.